The first kappa shape index (κ1) is 26.2. The molecule has 5 rings (SSSR count). The van der Waals surface area contributed by atoms with Crippen LogP contribution in [-0.4, -0.2) is 44.9 Å². The Morgan fingerprint density at radius 2 is 1.97 bits per heavy atom. The van der Waals surface area contributed by atoms with Gasteiger partial charge in [-0.15, -0.1) is 0 Å². The van der Waals surface area contributed by atoms with Gasteiger partial charge in [-0.05, 0) is 55.7 Å². The smallest absolute Gasteiger partial charge is 0.398 e. The summed E-state index contributed by atoms with van der Waals surface area (Å²) in [7, 11) is 1.38. The molecule has 1 amide bonds. The number of rotatable bonds is 8. The summed E-state index contributed by atoms with van der Waals surface area (Å²) < 4.78 is 66.8. The molecule has 1 aliphatic rings. The maximum absolute atomic E-state index is 13.7. The molecule has 4 aromatic rings. The summed E-state index contributed by atoms with van der Waals surface area (Å²) in [6, 6.07) is 8.62. The van der Waals surface area contributed by atoms with E-state index < -0.39 is 23.8 Å². The first-order valence-electron chi connectivity index (χ1n) is 12.0. The first-order chi connectivity index (χ1) is 18.6. The third-order valence-corrected chi connectivity index (χ3v) is 6.34. The lowest BCUT2D eigenvalue weighted by Gasteiger charge is -2.14. The lowest BCUT2D eigenvalue weighted by atomic mass is 10.1. The molecule has 0 spiro atoms. The number of amides is 1. The molecular formula is C26H24F4N6O3. The molecular weight excluding hydrogens is 520 g/mol. The van der Waals surface area contributed by atoms with E-state index in [0.29, 0.717) is 16.9 Å². The van der Waals surface area contributed by atoms with Gasteiger partial charge in [0, 0.05) is 12.1 Å². The normalized spacial score (nSPS) is 14.3. The summed E-state index contributed by atoms with van der Waals surface area (Å²) in [4.78, 5) is 21.0. The maximum Gasteiger partial charge on any atom is 0.398 e. The molecule has 9 nitrogen and oxygen atoms in total. The number of hydrogen-bond acceptors (Lipinski definition) is 7. The zero-order valence-electron chi connectivity index (χ0n) is 20.9. The fraction of sp³-hybridized carbons (Fsp3) is 0.308. The second-order valence-electron chi connectivity index (χ2n) is 9.16. The number of nitrogen functional groups attached to an aromatic ring is 1. The van der Waals surface area contributed by atoms with Crippen molar-refractivity contribution in [2.75, 3.05) is 12.8 Å². The Labute approximate surface area is 220 Å². The lowest BCUT2D eigenvalue weighted by Crippen LogP contribution is -2.23. The summed E-state index contributed by atoms with van der Waals surface area (Å²) in [5.74, 6) is -2.84. The van der Waals surface area contributed by atoms with Gasteiger partial charge in [0.05, 0.1) is 18.8 Å². The van der Waals surface area contributed by atoms with Crippen LogP contribution in [0.15, 0.2) is 42.7 Å². The molecule has 13 heteroatoms. The standard InChI is InChI=1S/C26H24F4N6O3/c1-13(26(28,29)30)24-35-21(22-23(31)33-12-34-36(22)24)17-7-3-14(9-20(17)39-16-5-6-16)11-32-25(37)18-10-15(27)4-8-19(18)38-2/h3-4,7-10,12-13,16H,5-6,11H2,1-2H3,(H,32,37)(H2,31,33,34)/t13-/m0/s1. The number of alkyl halides is 3. The topological polar surface area (TPSA) is 117 Å². The van der Waals surface area contributed by atoms with Gasteiger partial charge in [0.2, 0.25) is 0 Å². The zero-order valence-corrected chi connectivity index (χ0v) is 20.9. The Balaban J connectivity index is 1.51. The molecule has 0 saturated heterocycles. The largest absolute Gasteiger partial charge is 0.496 e. The minimum absolute atomic E-state index is 0.0362. The average Bonchev–Trinajstić information content (AvgIpc) is 3.63. The van der Waals surface area contributed by atoms with Crippen LogP contribution in [-0.2, 0) is 6.54 Å². The number of methoxy groups -OCH3 is 1. The van der Waals surface area contributed by atoms with Crippen molar-refractivity contribution in [3.63, 3.8) is 0 Å². The van der Waals surface area contributed by atoms with Gasteiger partial charge in [-0.2, -0.15) is 18.3 Å². The molecule has 2 heterocycles. The van der Waals surface area contributed by atoms with Crippen molar-refractivity contribution in [2.45, 2.75) is 44.5 Å². The summed E-state index contributed by atoms with van der Waals surface area (Å²) in [6.07, 6.45) is -1.89. The molecule has 0 unspecified atom stereocenters. The van der Waals surface area contributed by atoms with Crippen molar-refractivity contribution < 1.29 is 31.8 Å². The zero-order chi connectivity index (χ0) is 27.9. The fourth-order valence-corrected chi connectivity index (χ4v) is 4.06. The van der Waals surface area contributed by atoms with Crippen LogP contribution >= 0.6 is 0 Å². The quantitative estimate of drug-likeness (QED) is 0.310. The minimum atomic E-state index is -4.56. The van der Waals surface area contributed by atoms with Gasteiger partial charge in [0.15, 0.2) is 5.82 Å². The highest BCUT2D eigenvalue weighted by atomic mass is 19.4. The van der Waals surface area contributed by atoms with Crippen LogP contribution in [0.5, 0.6) is 11.5 Å². The van der Waals surface area contributed by atoms with Crippen molar-refractivity contribution >= 4 is 17.2 Å². The Kier molecular flexibility index (Phi) is 6.74. The molecule has 2 aromatic heterocycles. The van der Waals surface area contributed by atoms with E-state index in [9.17, 15) is 22.4 Å². The third kappa shape index (κ3) is 5.29. The van der Waals surface area contributed by atoms with Crippen LogP contribution in [0.4, 0.5) is 23.4 Å². The van der Waals surface area contributed by atoms with E-state index in [1.807, 2.05) is 0 Å². The van der Waals surface area contributed by atoms with E-state index in [-0.39, 0.29) is 46.8 Å². The average molecular weight is 545 g/mol. The van der Waals surface area contributed by atoms with Crippen LogP contribution in [0, 0.1) is 5.82 Å². The van der Waals surface area contributed by atoms with Crippen LogP contribution in [0.25, 0.3) is 16.8 Å². The number of imidazole rings is 1. The highest BCUT2D eigenvalue weighted by Crippen LogP contribution is 2.41. The van der Waals surface area contributed by atoms with E-state index in [2.05, 4.69) is 20.4 Å². The van der Waals surface area contributed by atoms with Crippen LogP contribution in [0.2, 0.25) is 0 Å². The monoisotopic (exact) mass is 544 g/mol. The van der Waals surface area contributed by atoms with E-state index in [4.69, 9.17) is 15.2 Å². The number of halogens is 4. The van der Waals surface area contributed by atoms with Crippen molar-refractivity contribution in [1.82, 2.24) is 24.9 Å². The van der Waals surface area contributed by atoms with Gasteiger partial charge in [0.25, 0.3) is 5.91 Å². The lowest BCUT2D eigenvalue weighted by molar-refractivity contribution is -0.148. The molecule has 204 valence electrons. The van der Waals surface area contributed by atoms with Crippen molar-refractivity contribution in [2.24, 2.45) is 0 Å². The second-order valence-corrected chi connectivity index (χ2v) is 9.16. The third-order valence-electron chi connectivity index (χ3n) is 6.34. The van der Waals surface area contributed by atoms with Crippen LogP contribution in [0.3, 0.4) is 0 Å². The van der Waals surface area contributed by atoms with Crippen molar-refractivity contribution in [3.8, 4) is 22.8 Å². The number of ether oxygens (including phenoxy) is 2. The molecule has 0 radical (unpaired) electrons. The number of carbonyl (C=O) groups is 1. The highest BCUT2D eigenvalue weighted by Gasteiger charge is 2.41. The van der Waals surface area contributed by atoms with Crippen LogP contribution in [0.1, 0.15) is 47.4 Å². The number of nitrogens with two attached hydrogens (primary N) is 1. The Morgan fingerprint density at radius 3 is 2.67 bits per heavy atom. The number of nitrogens with one attached hydrogen (secondary N) is 1. The minimum Gasteiger partial charge on any atom is -0.496 e. The summed E-state index contributed by atoms with van der Waals surface area (Å²) in [5.41, 5.74) is 7.42. The highest BCUT2D eigenvalue weighted by molar-refractivity contribution is 5.97. The molecule has 2 aromatic carbocycles. The Hall–Kier alpha value is -4.42. The number of carbonyl (C=O) groups excluding carboxylic acids is 1. The fourth-order valence-electron chi connectivity index (χ4n) is 4.06. The molecule has 0 bridgehead atoms. The van der Waals surface area contributed by atoms with Crippen molar-refractivity contribution in [1.29, 1.82) is 0 Å². The van der Waals surface area contributed by atoms with E-state index in [1.165, 1.54) is 19.2 Å². The summed E-state index contributed by atoms with van der Waals surface area (Å²) >= 11 is 0. The van der Waals surface area contributed by atoms with Crippen molar-refractivity contribution in [3.05, 3.63) is 65.5 Å². The van der Waals surface area contributed by atoms with E-state index in [1.54, 1.807) is 18.2 Å². The molecule has 39 heavy (non-hydrogen) atoms. The number of hydrogen-bond donors (Lipinski definition) is 2. The molecule has 1 saturated carbocycles. The second kappa shape index (κ2) is 10.0. The Bertz CT molecular complexity index is 1550. The number of anilines is 1. The Morgan fingerprint density at radius 1 is 1.21 bits per heavy atom. The van der Waals surface area contributed by atoms with Crippen LogP contribution < -0.4 is 20.5 Å². The number of aromatic nitrogens is 4. The number of fused-ring (bicyclic) bond motifs is 1. The molecule has 3 N–H and O–H groups in total. The van der Waals surface area contributed by atoms with Gasteiger partial charge < -0.3 is 20.5 Å². The van der Waals surface area contributed by atoms with Gasteiger partial charge in [0.1, 0.15) is 46.6 Å². The summed E-state index contributed by atoms with van der Waals surface area (Å²) in [6.45, 7) is 1.06. The number of nitrogens with zero attached hydrogens (tertiary/aromatic N) is 4. The molecule has 1 aliphatic carbocycles. The first-order valence-corrected chi connectivity index (χ1v) is 12.0. The maximum atomic E-state index is 13.7. The van der Waals surface area contributed by atoms with E-state index >= 15 is 0 Å². The van der Waals surface area contributed by atoms with Gasteiger partial charge in [-0.25, -0.2) is 18.9 Å². The summed E-state index contributed by atoms with van der Waals surface area (Å²) in [5, 5.41) is 6.70. The predicted molar refractivity (Wildman–Crippen MR) is 133 cm³/mol. The van der Waals surface area contributed by atoms with Gasteiger partial charge >= 0.3 is 6.18 Å². The van der Waals surface area contributed by atoms with E-state index in [0.717, 1.165) is 36.7 Å². The molecule has 1 fully saturated rings. The SMILES string of the molecule is COc1ccc(F)cc1C(=O)NCc1ccc(-c2nc([C@H](C)C(F)(F)F)n3ncnc(N)c23)c(OC2CC2)c1. The predicted octanol–water partition coefficient (Wildman–Crippen LogP) is 4.66. The molecule has 1 atom stereocenters. The van der Waals surface area contributed by atoms with Gasteiger partial charge in [-0.3, -0.25) is 4.79 Å². The van der Waals surface area contributed by atoms with Gasteiger partial charge in [-0.1, -0.05) is 6.07 Å². The molecule has 0 aliphatic heterocycles. The number of benzene rings is 2.